The second kappa shape index (κ2) is 7.07. The molecule has 0 amide bonds. The van der Waals surface area contributed by atoms with Gasteiger partial charge in [-0.05, 0) is 23.3 Å². The summed E-state index contributed by atoms with van der Waals surface area (Å²) in [5.74, 6) is 0.709. The molecule has 0 radical (unpaired) electrons. The molecule has 24 heavy (non-hydrogen) atoms. The standard InChI is InChI=1S/C19H15O2P.2CH4/c20-22(14-15-8-2-1-3-9-15)19-13-7-5-11-17(19)16-10-4-6-12-18(16)21-22;;/h1-13H,14H2;2*1H4. The molecule has 1 aliphatic rings. The molecule has 0 aliphatic carbocycles. The first-order valence-corrected chi connectivity index (χ1v) is 9.09. The Morgan fingerprint density at radius 2 is 1.29 bits per heavy atom. The van der Waals surface area contributed by atoms with Crippen LogP contribution in [0.2, 0.25) is 0 Å². The van der Waals surface area contributed by atoms with E-state index < -0.39 is 7.37 Å². The van der Waals surface area contributed by atoms with Crippen molar-refractivity contribution in [2.24, 2.45) is 0 Å². The number of hydrogen-bond acceptors (Lipinski definition) is 2. The highest BCUT2D eigenvalue weighted by Gasteiger charge is 2.35. The van der Waals surface area contributed by atoms with Gasteiger partial charge >= 0.3 is 0 Å². The van der Waals surface area contributed by atoms with Crippen molar-refractivity contribution in [3.8, 4) is 16.9 Å². The van der Waals surface area contributed by atoms with Crippen LogP contribution >= 0.6 is 7.37 Å². The van der Waals surface area contributed by atoms with Gasteiger partial charge in [0.1, 0.15) is 5.75 Å². The highest BCUT2D eigenvalue weighted by Crippen LogP contribution is 2.56. The molecule has 0 spiro atoms. The Morgan fingerprint density at radius 3 is 2.04 bits per heavy atom. The molecule has 3 aromatic rings. The van der Waals surface area contributed by atoms with Crippen LogP contribution in [-0.4, -0.2) is 0 Å². The number of hydrogen-bond donors (Lipinski definition) is 0. The van der Waals surface area contributed by atoms with Gasteiger partial charge in [0.25, 0.3) is 7.37 Å². The lowest BCUT2D eigenvalue weighted by Crippen LogP contribution is -2.18. The van der Waals surface area contributed by atoms with Crippen LogP contribution in [0, 0.1) is 0 Å². The molecule has 1 heterocycles. The van der Waals surface area contributed by atoms with Crippen LogP contribution in [0.25, 0.3) is 11.1 Å². The minimum absolute atomic E-state index is 0. The highest BCUT2D eigenvalue weighted by atomic mass is 31.2. The first-order valence-electron chi connectivity index (χ1n) is 7.28. The van der Waals surface area contributed by atoms with Gasteiger partial charge in [0.2, 0.25) is 0 Å². The van der Waals surface area contributed by atoms with Crippen molar-refractivity contribution in [1.82, 2.24) is 0 Å². The average molecular weight is 338 g/mol. The van der Waals surface area contributed by atoms with Crippen LogP contribution < -0.4 is 9.83 Å². The maximum atomic E-state index is 13.6. The zero-order chi connectivity index (χ0) is 15.0. The van der Waals surface area contributed by atoms with Gasteiger partial charge in [-0.2, -0.15) is 0 Å². The summed E-state index contributed by atoms with van der Waals surface area (Å²) < 4.78 is 19.6. The van der Waals surface area contributed by atoms with Crippen molar-refractivity contribution >= 4 is 12.7 Å². The lowest BCUT2D eigenvalue weighted by atomic mass is 10.0. The summed E-state index contributed by atoms with van der Waals surface area (Å²) in [5, 5.41) is 0.817. The van der Waals surface area contributed by atoms with Crippen molar-refractivity contribution in [2.75, 3.05) is 0 Å². The van der Waals surface area contributed by atoms with Crippen molar-refractivity contribution in [1.29, 1.82) is 0 Å². The largest absolute Gasteiger partial charge is 0.439 e. The molecule has 1 atom stereocenters. The summed E-state index contributed by atoms with van der Waals surface area (Å²) in [6.45, 7) is 0. The normalized spacial score (nSPS) is 17.3. The summed E-state index contributed by atoms with van der Waals surface area (Å²) in [4.78, 5) is 0. The predicted octanol–water partition coefficient (Wildman–Crippen LogP) is 6.12. The molecule has 0 saturated carbocycles. The third kappa shape index (κ3) is 3.02. The molecule has 0 N–H and O–H groups in total. The second-order valence-electron chi connectivity index (χ2n) is 5.42. The summed E-state index contributed by atoms with van der Waals surface area (Å²) in [6.07, 6.45) is 0.416. The van der Waals surface area contributed by atoms with Crippen molar-refractivity contribution in [3.63, 3.8) is 0 Å². The molecule has 124 valence electrons. The third-order valence-corrected chi connectivity index (χ3v) is 6.32. The Bertz CT molecular complexity index is 866. The van der Waals surface area contributed by atoms with Gasteiger partial charge in [0.05, 0.1) is 11.5 Å². The van der Waals surface area contributed by atoms with Gasteiger partial charge < -0.3 is 4.52 Å². The molecule has 4 rings (SSSR count). The first-order chi connectivity index (χ1) is 10.8. The molecular weight excluding hydrogens is 315 g/mol. The van der Waals surface area contributed by atoms with Crippen molar-refractivity contribution in [2.45, 2.75) is 21.0 Å². The molecular formula is C21H23O2P. The molecule has 3 heteroatoms. The number of para-hydroxylation sites is 1. The molecule has 2 nitrogen and oxygen atoms in total. The fraction of sp³-hybridized carbons (Fsp3) is 0.143. The van der Waals surface area contributed by atoms with Gasteiger partial charge in [-0.1, -0.05) is 81.6 Å². The quantitative estimate of drug-likeness (QED) is 0.526. The fourth-order valence-electron chi connectivity index (χ4n) is 2.92. The molecule has 0 bridgehead atoms. The van der Waals surface area contributed by atoms with E-state index in [0.29, 0.717) is 11.9 Å². The van der Waals surface area contributed by atoms with Crippen LogP contribution in [0.4, 0.5) is 0 Å². The van der Waals surface area contributed by atoms with Crippen LogP contribution in [-0.2, 0) is 10.7 Å². The maximum Gasteiger partial charge on any atom is 0.282 e. The van der Waals surface area contributed by atoms with Crippen LogP contribution in [0.3, 0.4) is 0 Å². The minimum Gasteiger partial charge on any atom is -0.439 e. The summed E-state index contributed by atoms with van der Waals surface area (Å²) >= 11 is 0. The van der Waals surface area contributed by atoms with Crippen molar-refractivity contribution < 1.29 is 9.09 Å². The van der Waals surface area contributed by atoms with Gasteiger partial charge in [0.15, 0.2) is 0 Å². The molecule has 3 aromatic carbocycles. The van der Waals surface area contributed by atoms with Crippen LogP contribution in [0.1, 0.15) is 20.4 Å². The summed E-state index contributed by atoms with van der Waals surface area (Å²) in [6, 6.07) is 25.5. The molecule has 1 unspecified atom stereocenters. The zero-order valence-electron chi connectivity index (χ0n) is 12.0. The topological polar surface area (TPSA) is 26.3 Å². The number of fused-ring (bicyclic) bond motifs is 3. The van der Waals surface area contributed by atoms with E-state index in [1.54, 1.807) is 0 Å². The van der Waals surface area contributed by atoms with E-state index in [4.69, 9.17) is 4.52 Å². The second-order valence-corrected chi connectivity index (χ2v) is 7.75. The minimum atomic E-state index is -2.96. The number of rotatable bonds is 2. The van der Waals surface area contributed by atoms with Gasteiger partial charge in [-0.25, -0.2) is 0 Å². The van der Waals surface area contributed by atoms with Crippen LogP contribution in [0.15, 0.2) is 78.9 Å². The average Bonchev–Trinajstić information content (AvgIpc) is 2.56. The Hall–Kier alpha value is -2.31. The Labute approximate surface area is 144 Å². The summed E-state index contributed by atoms with van der Waals surface area (Å²) in [7, 11) is -2.96. The lowest BCUT2D eigenvalue weighted by Gasteiger charge is -2.28. The monoisotopic (exact) mass is 338 g/mol. The fourth-order valence-corrected chi connectivity index (χ4v) is 5.29. The SMILES string of the molecule is C.C.O=P1(Cc2ccccc2)Oc2ccccc2-c2ccccc21. The Morgan fingerprint density at radius 1 is 0.708 bits per heavy atom. The van der Waals surface area contributed by atoms with Crippen LogP contribution in [0.5, 0.6) is 5.75 Å². The number of benzene rings is 3. The molecule has 0 aromatic heterocycles. The Balaban J connectivity index is 0.00000104. The van der Waals surface area contributed by atoms with E-state index >= 15 is 0 Å². The predicted molar refractivity (Wildman–Crippen MR) is 103 cm³/mol. The van der Waals surface area contributed by atoms with E-state index in [1.807, 2.05) is 78.9 Å². The lowest BCUT2D eigenvalue weighted by molar-refractivity contribution is 0.490. The van der Waals surface area contributed by atoms with Crippen molar-refractivity contribution in [3.05, 3.63) is 84.4 Å². The smallest absolute Gasteiger partial charge is 0.282 e. The molecule has 1 aliphatic heterocycles. The van der Waals surface area contributed by atoms with Gasteiger partial charge in [-0.3, -0.25) is 4.57 Å². The third-order valence-electron chi connectivity index (χ3n) is 3.93. The van der Waals surface area contributed by atoms with Gasteiger partial charge in [-0.15, -0.1) is 0 Å². The maximum absolute atomic E-state index is 13.6. The Kier molecular flexibility index (Phi) is 5.31. The zero-order valence-corrected chi connectivity index (χ0v) is 12.9. The first kappa shape index (κ1) is 18.0. The highest BCUT2D eigenvalue weighted by molar-refractivity contribution is 7.67. The summed E-state index contributed by atoms with van der Waals surface area (Å²) in [5.41, 5.74) is 3.06. The van der Waals surface area contributed by atoms with E-state index in [9.17, 15) is 4.57 Å². The van der Waals surface area contributed by atoms with E-state index in [-0.39, 0.29) is 14.9 Å². The molecule has 0 saturated heterocycles. The van der Waals surface area contributed by atoms with E-state index in [2.05, 4.69) is 0 Å². The van der Waals surface area contributed by atoms with E-state index in [1.165, 1.54) is 0 Å². The van der Waals surface area contributed by atoms with Gasteiger partial charge in [0, 0.05) is 5.56 Å². The molecule has 0 fully saturated rings. The van der Waals surface area contributed by atoms with E-state index in [0.717, 1.165) is 22.0 Å².